The van der Waals surface area contributed by atoms with Gasteiger partial charge in [0.25, 0.3) is 5.91 Å². The third-order valence-electron chi connectivity index (χ3n) is 3.44. The van der Waals surface area contributed by atoms with E-state index in [1.54, 1.807) is 18.5 Å². The van der Waals surface area contributed by atoms with E-state index in [0.29, 0.717) is 23.7 Å². The molecule has 0 bridgehead atoms. The van der Waals surface area contributed by atoms with E-state index in [-0.39, 0.29) is 23.4 Å². The second-order valence-electron chi connectivity index (χ2n) is 4.92. The largest absolute Gasteiger partial charge is 0.454 e. The Morgan fingerprint density at radius 1 is 1.35 bits per heavy atom. The third kappa shape index (κ3) is 2.44. The Kier molecular flexibility index (Phi) is 3.27. The van der Waals surface area contributed by atoms with Crippen LogP contribution in [0.1, 0.15) is 16.1 Å². The molecule has 1 aromatic carbocycles. The molecule has 0 spiro atoms. The van der Waals surface area contributed by atoms with Gasteiger partial charge in [-0.05, 0) is 23.8 Å². The molecular weight excluding hydrogens is 320 g/mol. The van der Waals surface area contributed by atoms with Gasteiger partial charge in [-0.15, -0.1) is 0 Å². The van der Waals surface area contributed by atoms with E-state index in [0.717, 1.165) is 5.56 Å². The first-order chi connectivity index (χ1) is 11.2. The summed E-state index contributed by atoms with van der Waals surface area (Å²) in [4.78, 5) is 16.4. The highest BCUT2D eigenvalue weighted by molar-refractivity contribution is 6.36. The van der Waals surface area contributed by atoms with Gasteiger partial charge in [-0.3, -0.25) is 4.79 Å². The molecule has 1 amide bonds. The van der Waals surface area contributed by atoms with Gasteiger partial charge >= 0.3 is 0 Å². The summed E-state index contributed by atoms with van der Waals surface area (Å²) in [7, 11) is 0. The molecule has 2 aromatic heterocycles. The number of carbonyl (C=O) groups is 1. The van der Waals surface area contributed by atoms with Crippen molar-refractivity contribution >= 4 is 23.2 Å². The standard InChI is InChI=1S/C15H11ClN4O3/c16-12-13(19-20-5-1-4-17-14(12)20)15(21)18-7-9-2-3-10-11(6-9)23-8-22-10/h1-6H,7-8H2,(H,18,21). The normalized spacial score (nSPS) is 12.6. The van der Waals surface area contributed by atoms with Crippen LogP contribution in [-0.4, -0.2) is 27.3 Å². The van der Waals surface area contributed by atoms with Gasteiger partial charge in [-0.2, -0.15) is 5.10 Å². The lowest BCUT2D eigenvalue weighted by Gasteiger charge is -2.05. The molecular formula is C15H11ClN4O3. The highest BCUT2D eigenvalue weighted by Crippen LogP contribution is 2.32. The van der Waals surface area contributed by atoms with Crippen molar-refractivity contribution in [3.63, 3.8) is 0 Å². The van der Waals surface area contributed by atoms with E-state index < -0.39 is 0 Å². The fourth-order valence-corrected chi connectivity index (χ4v) is 2.58. The summed E-state index contributed by atoms with van der Waals surface area (Å²) in [6.45, 7) is 0.544. The molecule has 8 heteroatoms. The third-order valence-corrected chi connectivity index (χ3v) is 3.79. The monoisotopic (exact) mass is 330 g/mol. The van der Waals surface area contributed by atoms with Crippen LogP contribution in [0.25, 0.3) is 5.65 Å². The Labute approximate surface area is 135 Å². The van der Waals surface area contributed by atoms with E-state index in [1.807, 2.05) is 18.2 Å². The van der Waals surface area contributed by atoms with Crippen LogP contribution in [0.4, 0.5) is 0 Å². The number of hydrogen-bond donors (Lipinski definition) is 1. The maximum atomic E-state index is 12.3. The first-order valence-corrected chi connectivity index (χ1v) is 7.26. The van der Waals surface area contributed by atoms with Gasteiger partial charge in [0.05, 0.1) is 0 Å². The van der Waals surface area contributed by atoms with Crippen molar-refractivity contribution in [1.82, 2.24) is 19.9 Å². The van der Waals surface area contributed by atoms with Gasteiger partial charge in [0.15, 0.2) is 22.8 Å². The van der Waals surface area contributed by atoms with Crippen LogP contribution in [0.15, 0.2) is 36.7 Å². The number of ether oxygens (including phenoxy) is 2. The number of rotatable bonds is 3. The number of nitrogens with zero attached hydrogens (tertiary/aromatic N) is 3. The van der Waals surface area contributed by atoms with Crippen molar-refractivity contribution < 1.29 is 14.3 Å². The van der Waals surface area contributed by atoms with Gasteiger partial charge in [-0.1, -0.05) is 17.7 Å². The maximum absolute atomic E-state index is 12.3. The van der Waals surface area contributed by atoms with Crippen molar-refractivity contribution in [3.8, 4) is 11.5 Å². The number of carbonyl (C=O) groups excluding carboxylic acids is 1. The smallest absolute Gasteiger partial charge is 0.273 e. The van der Waals surface area contributed by atoms with Crippen LogP contribution in [0.2, 0.25) is 5.02 Å². The van der Waals surface area contributed by atoms with Gasteiger partial charge in [0.1, 0.15) is 5.02 Å². The fraction of sp³-hybridized carbons (Fsp3) is 0.133. The second-order valence-corrected chi connectivity index (χ2v) is 5.30. The molecule has 0 aliphatic carbocycles. The highest BCUT2D eigenvalue weighted by Gasteiger charge is 2.19. The van der Waals surface area contributed by atoms with Crippen molar-refractivity contribution in [1.29, 1.82) is 0 Å². The van der Waals surface area contributed by atoms with Gasteiger partial charge in [0, 0.05) is 18.9 Å². The van der Waals surface area contributed by atoms with Crippen molar-refractivity contribution in [2.45, 2.75) is 6.54 Å². The summed E-state index contributed by atoms with van der Waals surface area (Å²) in [5.41, 5.74) is 1.48. The number of benzene rings is 1. The Bertz CT molecular complexity index is 909. The Morgan fingerprint density at radius 2 is 2.22 bits per heavy atom. The first-order valence-electron chi connectivity index (χ1n) is 6.88. The zero-order valence-corrected chi connectivity index (χ0v) is 12.6. The SMILES string of the molecule is O=C(NCc1ccc2c(c1)OCO2)c1nn2cccnc2c1Cl. The molecule has 4 rings (SSSR count). The molecule has 1 N–H and O–H groups in total. The molecule has 0 atom stereocenters. The summed E-state index contributed by atoms with van der Waals surface area (Å²) >= 11 is 6.17. The van der Waals surface area contributed by atoms with E-state index in [2.05, 4.69) is 15.4 Å². The van der Waals surface area contributed by atoms with E-state index in [1.165, 1.54) is 4.52 Å². The summed E-state index contributed by atoms with van der Waals surface area (Å²) in [5, 5.41) is 7.16. The summed E-state index contributed by atoms with van der Waals surface area (Å²) < 4.78 is 12.0. The zero-order chi connectivity index (χ0) is 15.8. The Balaban J connectivity index is 1.52. The van der Waals surface area contributed by atoms with Gasteiger partial charge in [-0.25, -0.2) is 9.50 Å². The Hall–Kier alpha value is -2.80. The molecule has 3 aromatic rings. The maximum Gasteiger partial charge on any atom is 0.273 e. The minimum atomic E-state index is -0.363. The van der Waals surface area contributed by atoms with Crippen LogP contribution < -0.4 is 14.8 Å². The van der Waals surface area contributed by atoms with Crippen LogP contribution in [0.5, 0.6) is 11.5 Å². The van der Waals surface area contributed by atoms with Crippen LogP contribution in [-0.2, 0) is 6.54 Å². The molecule has 23 heavy (non-hydrogen) atoms. The molecule has 116 valence electrons. The van der Waals surface area contributed by atoms with Gasteiger partial charge in [0.2, 0.25) is 6.79 Å². The summed E-state index contributed by atoms with van der Waals surface area (Å²) in [6.07, 6.45) is 3.28. The summed E-state index contributed by atoms with van der Waals surface area (Å²) in [5.74, 6) is 1.01. The molecule has 7 nitrogen and oxygen atoms in total. The number of amides is 1. The van der Waals surface area contributed by atoms with Crippen LogP contribution >= 0.6 is 11.6 Å². The molecule has 0 fully saturated rings. The number of halogens is 1. The van der Waals surface area contributed by atoms with E-state index in [4.69, 9.17) is 21.1 Å². The molecule has 0 saturated heterocycles. The lowest BCUT2D eigenvalue weighted by atomic mass is 10.2. The zero-order valence-electron chi connectivity index (χ0n) is 11.8. The average molecular weight is 331 g/mol. The topological polar surface area (TPSA) is 77.8 Å². The van der Waals surface area contributed by atoms with Crippen molar-refractivity contribution in [2.75, 3.05) is 6.79 Å². The predicted octanol–water partition coefficient (Wildman–Crippen LogP) is 2.04. The fourth-order valence-electron chi connectivity index (χ4n) is 2.32. The molecule has 0 saturated carbocycles. The van der Waals surface area contributed by atoms with Crippen LogP contribution in [0, 0.1) is 0 Å². The van der Waals surface area contributed by atoms with Gasteiger partial charge < -0.3 is 14.8 Å². The van der Waals surface area contributed by atoms with E-state index in [9.17, 15) is 4.79 Å². The molecule has 3 heterocycles. The Morgan fingerprint density at radius 3 is 3.09 bits per heavy atom. The minimum Gasteiger partial charge on any atom is -0.454 e. The number of hydrogen-bond acceptors (Lipinski definition) is 5. The predicted molar refractivity (Wildman–Crippen MR) is 81.7 cm³/mol. The number of aromatic nitrogens is 3. The molecule has 1 aliphatic rings. The van der Waals surface area contributed by atoms with E-state index >= 15 is 0 Å². The van der Waals surface area contributed by atoms with Crippen molar-refractivity contribution in [2.24, 2.45) is 0 Å². The minimum absolute atomic E-state index is 0.145. The quantitative estimate of drug-likeness (QED) is 0.795. The van der Waals surface area contributed by atoms with Crippen molar-refractivity contribution in [3.05, 3.63) is 52.9 Å². The lowest BCUT2D eigenvalue weighted by molar-refractivity contribution is 0.0945. The lowest BCUT2D eigenvalue weighted by Crippen LogP contribution is -2.23. The molecule has 0 radical (unpaired) electrons. The molecule has 0 unspecified atom stereocenters. The number of nitrogens with one attached hydrogen (secondary N) is 1. The first kappa shape index (κ1) is 13.8. The number of fused-ring (bicyclic) bond motifs is 2. The second kappa shape index (κ2) is 5.44. The summed E-state index contributed by atoms with van der Waals surface area (Å²) in [6, 6.07) is 7.21. The molecule has 1 aliphatic heterocycles. The highest BCUT2D eigenvalue weighted by atomic mass is 35.5. The van der Waals surface area contributed by atoms with Crippen LogP contribution in [0.3, 0.4) is 0 Å². The average Bonchev–Trinajstić information content (AvgIpc) is 3.17.